The molecule has 1 atom stereocenters. The van der Waals surface area contributed by atoms with Crippen molar-refractivity contribution >= 4 is 11.9 Å². The van der Waals surface area contributed by atoms with Crippen LogP contribution in [0.25, 0.3) is 0 Å². The lowest BCUT2D eigenvalue weighted by molar-refractivity contribution is -0.141. The Morgan fingerprint density at radius 3 is 2.18 bits per heavy atom. The van der Waals surface area contributed by atoms with Gasteiger partial charge in [0.15, 0.2) is 12.2 Å². The summed E-state index contributed by atoms with van der Waals surface area (Å²) < 4.78 is 10.6. The minimum atomic E-state index is -0.609. The minimum absolute atomic E-state index is 0.0537. The van der Waals surface area contributed by atoms with Gasteiger partial charge in [-0.25, -0.2) is 0 Å². The summed E-state index contributed by atoms with van der Waals surface area (Å²) in [5.74, 6) is 1.59. The maximum atomic E-state index is 13.6. The van der Waals surface area contributed by atoms with Gasteiger partial charge in [0.1, 0.15) is 5.54 Å². The van der Waals surface area contributed by atoms with Gasteiger partial charge < -0.3 is 14.8 Å². The maximum Gasteiger partial charge on any atom is 0.255 e. The van der Waals surface area contributed by atoms with Crippen LogP contribution in [0.5, 0.6) is 0 Å². The molecule has 2 aliphatic carbocycles. The highest BCUT2D eigenvalue weighted by molar-refractivity contribution is 6.07. The molecule has 0 aromatic heterocycles. The number of methoxy groups -OCH3 is 2. The van der Waals surface area contributed by atoms with Crippen molar-refractivity contribution in [3.05, 3.63) is 0 Å². The molecule has 0 aromatic carbocycles. The summed E-state index contributed by atoms with van der Waals surface area (Å²) in [4.78, 5) is 15.1. The van der Waals surface area contributed by atoms with Gasteiger partial charge in [-0.3, -0.25) is 15.1 Å². The number of carbonyl (C=O) groups is 1. The van der Waals surface area contributed by atoms with Crippen LogP contribution in [0.3, 0.4) is 0 Å². The van der Waals surface area contributed by atoms with Gasteiger partial charge in [-0.05, 0) is 31.1 Å². The van der Waals surface area contributed by atoms with E-state index < -0.39 is 11.8 Å². The van der Waals surface area contributed by atoms with E-state index in [1.54, 1.807) is 19.1 Å². The van der Waals surface area contributed by atoms with E-state index in [-0.39, 0.29) is 18.4 Å². The number of rotatable bonds is 9. The molecule has 2 N–H and O–H groups in total. The molecule has 1 saturated heterocycles. The average Bonchev–Trinajstić information content (AvgIpc) is 2.96. The Hall–Kier alpha value is -1.14. The van der Waals surface area contributed by atoms with Crippen LogP contribution in [-0.2, 0) is 14.3 Å². The zero-order valence-corrected chi connectivity index (χ0v) is 17.8. The van der Waals surface area contributed by atoms with Crippen LogP contribution >= 0.6 is 0 Å². The third-order valence-corrected chi connectivity index (χ3v) is 7.21. The summed E-state index contributed by atoms with van der Waals surface area (Å²) >= 11 is 0. The first-order valence-corrected chi connectivity index (χ1v) is 11.3. The van der Waals surface area contributed by atoms with Crippen molar-refractivity contribution in [2.45, 2.75) is 95.3 Å². The third-order valence-electron chi connectivity index (χ3n) is 7.21. The number of hydrogen-bond acceptors (Lipinski definition) is 4. The summed E-state index contributed by atoms with van der Waals surface area (Å²) in [5.41, 5.74) is -0.609. The summed E-state index contributed by atoms with van der Waals surface area (Å²) in [6.45, 7) is 0.271. The summed E-state index contributed by atoms with van der Waals surface area (Å²) in [5, 5.41) is 11.8. The maximum absolute atomic E-state index is 13.6. The summed E-state index contributed by atoms with van der Waals surface area (Å²) in [7, 11) is 3.15. The van der Waals surface area contributed by atoms with E-state index in [9.17, 15) is 4.79 Å². The van der Waals surface area contributed by atoms with E-state index in [0.29, 0.717) is 5.92 Å². The predicted octanol–water partition coefficient (Wildman–Crippen LogP) is 4.04. The van der Waals surface area contributed by atoms with Gasteiger partial charge in [-0.1, -0.05) is 64.2 Å². The monoisotopic (exact) mass is 393 g/mol. The molecular weight excluding hydrogens is 354 g/mol. The zero-order valence-electron chi connectivity index (χ0n) is 17.8. The van der Waals surface area contributed by atoms with E-state index in [1.165, 1.54) is 64.2 Å². The van der Waals surface area contributed by atoms with Crippen molar-refractivity contribution < 1.29 is 14.3 Å². The van der Waals surface area contributed by atoms with Crippen LogP contribution in [0.2, 0.25) is 0 Å². The highest BCUT2D eigenvalue weighted by atomic mass is 16.7. The van der Waals surface area contributed by atoms with Crippen molar-refractivity contribution in [1.82, 2.24) is 10.2 Å². The Morgan fingerprint density at radius 1 is 1.04 bits per heavy atom. The molecule has 160 valence electrons. The molecule has 0 radical (unpaired) electrons. The topological polar surface area (TPSA) is 74.7 Å². The fraction of sp³-hybridized carbons (Fsp3) is 0.909. The SMILES string of the molecule is COC(CN1C(=N)N[C@](CCC2CCCCC2)(CC2CCCCC2)C1=O)OC. The molecule has 0 aromatic rings. The molecule has 6 nitrogen and oxygen atoms in total. The van der Waals surface area contributed by atoms with Crippen molar-refractivity contribution in [2.24, 2.45) is 11.8 Å². The predicted molar refractivity (Wildman–Crippen MR) is 110 cm³/mol. The number of carbonyl (C=O) groups excluding carboxylic acids is 1. The van der Waals surface area contributed by atoms with Crippen molar-refractivity contribution in [3.63, 3.8) is 0 Å². The number of guanidine groups is 1. The number of ether oxygens (including phenoxy) is 2. The quantitative estimate of drug-likeness (QED) is 0.580. The molecule has 3 rings (SSSR count). The molecular formula is C22H39N3O3. The van der Waals surface area contributed by atoms with Gasteiger partial charge in [0.05, 0.1) is 6.54 Å². The van der Waals surface area contributed by atoms with Gasteiger partial charge in [0.2, 0.25) is 0 Å². The molecule has 0 spiro atoms. The van der Waals surface area contributed by atoms with Crippen LogP contribution in [0.4, 0.5) is 0 Å². The van der Waals surface area contributed by atoms with Crippen LogP contribution < -0.4 is 5.32 Å². The molecule has 6 heteroatoms. The highest BCUT2D eigenvalue weighted by Gasteiger charge is 2.50. The highest BCUT2D eigenvalue weighted by Crippen LogP contribution is 2.38. The lowest BCUT2D eigenvalue weighted by Crippen LogP contribution is -2.49. The van der Waals surface area contributed by atoms with E-state index in [2.05, 4.69) is 5.32 Å². The first-order valence-electron chi connectivity index (χ1n) is 11.3. The number of hydrogen-bond donors (Lipinski definition) is 2. The second kappa shape index (κ2) is 10.1. The Balaban J connectivity index is 1.72. The van der Waals surface area contributed by atoms with E-state index in [0.717, 1.165) is 25.2 Å². The molecule has 1 aliphatic heterocycles. The number of nitrogens with one attached hydrogen (secondary N) is 2. The van der Waals surface area contributed by atoms with E-state index in [4.69, 9.17) is 14.9 Å². The zero-order chi connectivity index (χ0) is 20.0. The van der Waals surface area contributed by atoms with Crippen LogP contribution in [-0.4, -0.2) is 49.4 Å². The first-order chi connectivity index (χ1) is 13.6. The molecule has 0 bridgehead atoms. The van der Waals surface area contributed by atoms with Crippen LogP contribution in [0.1, 0.15) is 83.5 Å². The molecule has 3 fully saturated rings. The molecule has 1 heterocycles. The largest absolute Gasteiger partial charge is 0.354 e. The van der Waals surface area contributed by atoms with Gasteiger partial charge in [-0.15, -0.1) is 0 Å². The minimum Gasteiger partial charge on any atom is -0.354 e. The Bertz CT molecular complexity index is 525. The normalized spacial score (nSPS) is 27.6. The second-order valence-electron chi connectivity index (χ2n) is 9.12. The number of nitrogens with zero attached hydrogens (tertiary/aromatic N) is 1. The second-order valence-corrected chi connectivity index (χ2v) is 9.12. The van der Waals surface area contributed by atoms with Gasteiger partial charge in [0, 0.05) is 14.2 Å². The Morgan fingerprint density at radius 2 is 1.61 bits per heavy atom. The Kier molecular flexibility index (Phi) is 7.75. The van der Waals surface area contributed by atoms with Gasteiger partial charge >= 0.3 is 0 Å². The summed E-state index contributed by atoms with van der Waals surface area (Å²) in [6, 6.07) is 0. The van der Waals surface area contributed by atoms with Crippen molar-refractivity contribution in [3.8, 4) is 0 Å². The average molecular weight is 394 g/mol. The number of amides is 1. The smallest absolute Gasteiger partial charge is 0.255 e. The molecule has 1 amide bonds. The lowest BCUT2D eigenvalue weighted by Gasteiger charge is -2.34. The first kappa shape index (κ1) is 21.6. The van der Waals surface area contributed by atoms with Gasteiger partial charge in [0.25, 0.3) is 5.91 Å². The van der Waals surface area contributed by atoms with Gasteiger partial charge in [-0.2, -0.15) is 0 Å². The molecule has 0 unspecified atom stereocenters. The Labute approximate surface area is 170 Å². The standard InChI is InChI=1S/C22H39N3O3/c1-27-19(28-2)16-25-20(26)22(24-21(25)23,15-18-11-7-4-8-12-18)14-13-17-9-5-3-6-10-17/h17-19H,3-16H2,1-2H3,(H2,23,24)/t22-/m1/s1. The fourth-order valence-corrected chi connectivity index (χ4v) is 5.50. The fourth-order valence-electron chi connectivity index (χ4n) is 5.50. The van der Waals surface area contributed by atoms with E-state index in [1.807, 2.05) is 0 Å². The van der Waals surface area contributed by atoms with Crippen LogP contribution in [0.15, 0.2) is 0 Å². The third kappa shape index (κ3) is 5.07. The molecule has 2 saturated carbocycles. The van der Waals surface area contributed by atoms with E-state index >= 15 is 0 Å². The summed E-state index contributed by atoms with van der Waals surface area (Å²) in [6.07, 6.45) is 15.2. The lowest BCUT2D eigenvalue weighted by atomic mass is 9.75. The van der Waals surface area contributed by atoms with Crippen LogP contribution in [0, 0.1) is 17.2 Å². The van der Waals surface area contributed by atoms with Crippen molar-refractivity contribution in [2.75, 3.05) is 20.8 Å². The molecule has 3 aliphatic rings. The molecule has 28 heavy (non-hydrogen) atoms. The van der Waals surface area contributed by atoms with Crippen molar-refractivity contribution in [1.29, 1.82) is 5.41 Å².